The molecule has 0 N–H and O–H groups in total. The van der Waals surface area contributed by atoms with Crippen molar-refractivity contribution in [2.45, 2.75) is 26.8 Å². The van der Waals surface area contributed by atoms with Crippen molar-refractivity contribution in [1.82, 2.24) is 14.8 Å². The maximum Gasteiger partial charge on any atom is 0.367 e. The summed E-state index contributed by atoms with van der Waals surface area (Å²) in [6, 6.07) is 5.93. The fraction of sp³-hybridized carbons (Fsp3) is 0.294. The van der Waals surface area contributed by atoms with E-state index in [9.17, 15) is 23.2 Å². The molecule has 0 atom stereocenters. The number of amides is 2. The molecule has 1 aromatic carbocycles. The van der Waals surface area contributed by atoms with Crippen LogP contribution < -0.4 is 0 Å². The number of imide groups is 1. The predicted molar refractivity (Wildman–Crippen MR) is 84.4 cm³/mol. The van der Waals surface area contributed by atoms with Gasteiger partial charge in [-0.25, -0.2) is 13.6 Å². The fourth-order valence-electron chi connectivity index (χ4n) is 2.60. The second kappa shape index (κ2) is 6.66. The van der Waals surface area contributed by atoms with Gasteiger partial charge in [0.05, 0.1) is 11.1 Å². The Kier molecular flexibility index (Phi) is 4.54. The number of nitrogens with zero attached hydrogens (tertiary/aromatic N) is 3. The molecule has 1 aliphatic heterocycles. The van der Waals surface area contributed by atoms with Crippen LogP contribution in [0.5, 0.6) is 0 Å². The van der Waals surface area contributed by atoms with Crippen molar-refractivity contribution >= 4 is 17.8 Å². The third-order valence-corrected chi connectivity index (χ3v) is 3.70. The summed E-state index contributed by atoms with van der Waals surface area (Å²) in [5.74, 6) is -2.79. The van der Waals surface area contributed by atoms with Gasteiger partial charge < -0.3 is 4.84 Å². The predicted octanol–water partition coefficient (Wildman–Crippen LogP) is 2.84. The van der Waals surface area contributed by atoms with Gasteiger partial charge in [-0.05, 0) is 18.1 Å². The highest BCUT2D eigenvalue weighted by molar-refractivity contribution is 6.21. The molecule has 136 valence electrons. The number of halogens is 2. The largest absolute Gasteiger partial charge is 0.367 e. The number of aromatic nitrogens is 2. The Labute approximate surface area is 147 Å². The summed E-state index contributed by atoms with van der Waals surface area (Å²) in [4.78, 5) is 41.5. The Hall–Kier alpha value is -3.10. The number of carbonyl (C=O) groups is 3. The molecule has 9 heteroatoms. The molecule has 2 amide bonds. The molecule has 0 fully saturated rings. The van der Waals surface area contributed by atoms with E-state index in [2.05, 4.69) is 5.10 Å². The maximum atomic E-state index is 13.2. The number of benzene rings is 1. The third-order valence-electron chi connectivity index (χ3n) is 3.70. The number of hydroxylamine groups is 2. The number of hydrogen-bond acceptors (Lipinski definition) is 5. The molecule has 0 spiro atoms. The van der Waals surface area contributed by atoms with E-state index in [-0.39, 0.29) is 22.1 Å². The van der Waals surface area contributed by atoms with Crippen LogP contribution in [0.4, 0.5) is 8.78 Å². The van der Waals surface area contributed by atoms with Crippen molar-refractivity contribution < 1.29 is 28.0 Å². The summed E-state index contributed by atoms with van der Waals surface area (Å²) in [5, 5.41) is 3.98. The van der Waals surface area contributed by atoms with Crippen LogP contribution in [0.15, 0.2) is 30.5 Å². The smallest absolute Gasteiger partial charge is 0.324 e. The van der Waals surface area contributed by atoms with E-state index < -0.39 is 35.5 Å². The molecule has 2 aromatic rings. The lowest BCUT2D eigenvalue weighted by Crippen LogP contribution is -2.32. The summed E-state index contributed by atoms with van der Waals surface area (Å²) >= 11 is 0. The van der Waals surface area contributed by atoms with E-state index in [0.717, 1.165) is 6.20 Å². The van der Waals surface area contributed by atoms with Crippen LogP contribution in [0.3, 0.4) is 0 Å². The molecule has 0 radical (unpaired) electrons. The van der Waals surface area contributed by atoms with Crippen LogP contribution >= 0.6 is 0 Å². The Bertz CT molecular complexity index is 857. The fourth-order valence-corrected chi connectivity index (χ4v) is 2.60. The molecule has 1 aliphatic rings. The summed E-state index contributed by atoms with van der Waals surface area (Å²) in [7, 11) is 0. The highest BCUT2D eigenvalue weighted by atomic mass is 19.3. The van der Waals surface area contributed by atoms with Crippen LogP contribution in [-0.2, 0) is 11.4 Å². The molecule has 7 nitrogen and oxygen atoms in total. The van der Waals surface area contributed by atoms with Gasteiger partial charge in [0.1, 0.15) is 11.3 Å². The minimum Gasteiger partial charge on any atom is -0.324 e. The Morgan fingerprint density at radius 3 is 2.23 bits per heavy atom. The first-order valence-corrected chi connectivity index (χ1v) is 7.85. The minimum atomic E-state index is -3.01. The van der Waals surface area contributed by atoms with Crippen molar-refractivity contribution in [2.24, 2.45) is 5.92 Å². The van der Waals surface area contributed by atoms with Gasteiger partial charge in [0.15, 0.2) is 0 Å². The van der Waals surface area contributed by atoms with E-state index in [0.29, 0.717) is 6.54 Å². The van der Waals surface area contributed by atoms with Gasteiger partial charge in [0.25, 0.3) is 18.2 Å². The first-order valence-electron chi connectivity index (χ1n) is 7.85. The average Bonchev–Trinajstić information content (AvgIpc) is 3.10. The van der Waals surface area contributed by atoms with E-state index in [1.165, 1.54) is 16.8 Å². The molecule has 0 unspecified atom stereocenters. The van der Waals surface area contributed by atoms with Crippen molar-refractivity contribution in [3.05, 3.63) is 52.8 Å². The third kappa shape index (κ3) is 3.07. The Morgan fingerprint density at radius 2 is 1.73 bits per heavy atom. The van der Waals surface area contributed by atoms with Gasteiger partial charge in [0.2, 0.25) is 0 Å². The molecule has 26 heavy (non-hydrogen) atoms. The SMILES string of the molecule is CC(C)Cn1cc(C(=O)ON2C(=O)c3ccccc3C2=O)c(C(F)F)n1. The van der Waals surface area contributed by atoms with E-state index in [1.807, 2.05) is 13.8 Å². The van der Waals surface area contributed by atoms with Crippen LogP contribution in [-0.4, -0.2) is 32.6 Å². The zero-order chi connectivity index (χ0) is 19.0. The van der Waals surface area contributed by atoms with Crippen molar-refractivity contribution in [3.8, 4) is 0 Å². The first kappa shape index (κ1) is 17.7. The molecule has 0 bridgehead atoms. The zero-order valence-electron chi connectivity index (χ0n) is 14.0. The standard InChI is InChI=1S/C17H15F2N3O4/c1-9(2)7-21-8-12(13(20-21)14(18)19)17(25)26-22-15(23)10-5-3-4-6-11(10)16(22)24/h3-6,8-9,14H,7H2,1-2H3. The molecule has 3 rings (SSSR count). The van der Waals surface area contributed by atoms with Crippen LogP contribution in [0.2, 0.25) is 0 Å². The highest BCUT2D eigenvalue weighted by Crippen LogP contribution is 2.26. The molecular formula is C17H15F2N3O4. The van der Waals surface area contributed by atoms with Crippen LogP contribution in [0.1, 0.15) is 57.0 Å². The highest BCUT2D eigenvalue weighted by Gasteiger charge is 2.39. The lowest BCUT2D eigenvalue weighted by atomic mass is 10.1. The van der Waals surface area contributed by atoms with Crippen molar-refractivity contribution in [2.75, 3.05) is 0 Å². The van der Waals surface area contributed by atoms with Gasteiger partial charge in [-0.3, -0.25) is 14.3 Å². The number of fused-ring (bicyclic) bond motifs is 1. The van der Waals surface area contributed by atoms with Gasteiger partial charge in [0, 0.05) is 12.7 Å². The van der Waals surface area contributed by atoms with Gasteiger partial charge in [-0.1, -0.05) is 31.0 Å². The summed E-state index contributed by atoms with van der Waals surface area (Å²) in [6.07, 6.45) is -1.88. The summed E-state index contributed by atoms with van der Waals surface area (Å²) in [5.41, 5.74) is -1.09. The summed E-state index contributed by atoms with van der Waals surface area (Å²) in [6.45, 7) is 4.04. The van der Waals surface area contributed by atoms with Crippen LogP contribution in [0.25, 0.3) is 0 Å². The molecule has 1 aromatic heterocycles. The zero-order valence-corrected chi connectivity index (χ0v) is 14.0. The first-order chi connectivity index (χ1) is 12.3. The second-order valence-electron chi connectivity index (χ2n) is 6.17. The molecular weight excluding hydrogens is 348 g/mol. The van der Waals surface area contributed by atoms with E-state index >= 15 is 0 Å². The van der Waals surface area contributed by atoms with Crippen LogP contribution in [0, 0.1) is 5.92 Å². The van der Waals surface area contributed by atoms with Crippen molar-refractivity contribution in [3.63, 3.8) is 0 Å². The number of rotatable bonds is 5. The molecule has 0 saturated carbocycles. The van der Waals surface area contributed by atoms with Gasteiger partial charge >= 0.3 is 5.97 Å². The monoisotopic (exact) mass is 363 g/mol. The average molecular weight is 363 g/mol. The van der Waals surface area contributed by atoms with Gasteiger partial charge in [-0.15, -0.1) is 0 Å². The van der Waals surface area contributed by atoms with E-state index in [4.69, 9.17) is 4.84 Å². The second-order valence-corrected chi connectivity index (χ2v) is 6.17. The normalized spacial score (nSPS) is 13.7. The number of alkyl halides is 2. The Morgan fingerprint density at radius 1 is 1.15 bits per heavy atom. The lowest BCUT2D eigenvalue weighted by molar-refractivity contribution is -0.0587. The van der Waals surface area contributed by atoms with Crippen molar-refractivity contribution in [1.29, 1.82) is 0 Å². The van der Waals surface area contributed by atoms with Gasteiger partial charge in [-0.2, -0.15) is 5.10 Å². The lowest BCUT2D eigenvalue weighted by Gasteiger charge is -2.12. The molecule has 0 aliphatic carbocycles. The number of carbonyl (C=O) groups excluding carboxylic acids is 3. The Balaban J connectivity index is 1.86. The molecule has 0 saturated heterocycles. The summed E-state index contributed by atoms with van der Waals surface area (Å²) < 4.78 is 27.6. The van der Waals surface area contributed by atoms with E-state index in [1.54, 1.807) is 12.1 Å². The maximum absolute atomic E-state index is 13.2. The minimum absolute atomic E-state index is 0.0786. The number of hydrogen-bond donors (Lipinski definition) is 0. The molecule has 2 heterocycles. The topological polar surface area (TPSA) is 81.5 Å². The quantitative estimate of drug-likeness (QED) is 0.763.